The SMILES string of the molecule is C.Cc1ccc2c(c1C)N(CCNCc1ccccc1CO)c1ccccc1S2=O. The van der Waals surface area contributed by atoms with Gasteiger partial charge in [0, 0.05) is 19.6 Å². The van der Waals surface area contributed by atoms with Crippen molar-refractivity contribution in [2.45, 2.75) is 44.2 Å². The van der Waals surface area contributed by atoms with Gasteiger partial charge in [-0.15, -0.1) is 0 Å². The number of hydrogen-bond acceptors (Lipinski definition) is 4. The Morgan fingerprint density at radius 3 is 2.40 bits per heavy atom. The van der Waals surface area contributed by atoms with Gasteiger partial charge in [0.2, 0.25) is 0 Å². The van der Waals surface area contributed by atoms with Crippen LogP contribution in [0.25, 0.3) is 0 Å². The summed E-state index contributed by atoms with van der Waals surface area (Å²) in [6.07, 6.45) is 0. The normalized spacial score (nSPS) is 14.6. The van der Waals surface area contributed by atoms with Gasteiger partial charge in [-0.1, -0.05) is 49.9 Å². The largest absolute Gasteiger partial charge is 0.392 e. The molecule has 158 valence electrons. The molecular weight excluding hydrogens is 392 g/mol. The fourth-order valence-electron chi connectivity index (χ4n) is 3.87. The number of aliphatic hydroxyl groups is 1. The van der Waals surface area contributed by atoms with Crippen molar-refractivity contribution in [1.29, 1.82) is 0 Å². The second kappa shape index (κ2) is 9.56. The maximum absolute atomic E-state index is 13.1. The van der Waals surface area contributed by atoms with E-state index in [2.05, 4.69) is 36.2 Å². The minimum atomic E-state index is -1.16. The number of hydrogen-bond donors (Lipinski definition) is 2. The van der Waals surface area contributed by atoms with Gasteiger partial charge in [0.25, 0.3) is 0 Å². The molecule has 1 aliphatic rings. The second-order valence-corrected chi connectivity index (χ2v) is 8.76. The predicted octanol–water partition coefficient (Wildman–Crippen LogP) is 4.84. The third kappa shape index (κ3) is 4.06. The molecule has 0 aromatic heterocycles. The maximum atomic E-state index is 13.1. The van der Waals surface area contributed by atoms with Gasteiger partial charge in [-0.25, -0.2) is 4.21 Å². The molecule has 0 fully saturated rings. The third-order valence-electron chi connectivity index (χ3n) is 5.61. The summed E-state index contributed by atoms with van der Waals surface area (Å²) in [6, 6.07) is 20.0. The lowest BCUT2D eigenvalue weighted by atomic mass is 10.1. The number of para-hydroxylation sites is 1. The van der Waals surface area contributed by atoms with Gasteiger partial charge in [0.1, 0.15) is 0 Å². The van der Waals surface area contributed by atoms with Crippen molar-refractivity contribution >= 4 is 22.2 Å². The van der Waals surface area contributed by atoms with Crippen LogP contribution < -0.4 is 10.2 Å². The summed E-state index contributed by atoms with van der Waals surface area (Å²) in [7, 11) is -1.16. The van der Waals surface area contributed by atoms with Gasteiger partial charge in [-0.2, -0.15) is 0 Å². The molecular formula is C25H30N2O2S. The molecule has 1 aliphatic heterocycles. The molecule has 30 heavy (non-hydrogen) atoms. The molecule has 3 aromatic carbocycles. The van der Waals surface area contributed by atoms with Crippen molar-refractivity contribution in [3.63, 3.8) is 0 Å². The van der Waals surface area contributed by atoms with Crippen LogP contribution >= 0.6 is 0 Å². The number of rotatable bonds is 6. The zero-order chi connectivity index (χ0) is 20.4. The summed E-state index contributed by atoms with van der Waals surface area (Å²) < 4.78 is 13.1. The van der Waals surface area contributed by atoms with Crippen molar-refractivity contribution in [1.82, 2.24) is 5.32 Å². The molecule has 4 rings (SSSR count). The van der Waals surface area contributed by atoms with E-state index in [0.717, 1.165) is 45.4 Å². The number of fused-ring (bicyclic) bond motifs is 2. The molecule has 0 amide bonds. The molecule has 0 saturated carbocycles. The van der Waals surface area contributed by atoms with Gasteiger partial charge in [-0.3, -0.25) is 0 Å². The van der Waals surface area contributed by atoms with E-state index >= 15 is 0 Å². The second-order valence-electron chi connectivity index (χ2n) is 7.35. The first-order valence-corrected chi connectivity index (χ1v) is 11.0. The topological polar surface area (TPSA) is 52.6 Å². The van der Waals surface area contributed by atoms with Crippen LogP contribution in [0.5, 0.6) is 0 Å². The first kappa shape index (κ1) is 22.2. The highest BCUT2D eigenvalue weighted by Gasteiger charge is 2.29. The van der Waals surface area contributed by atoms with E-state index in [1.165, 1.54) is 11.1 Å². The molecule has 3 aromatic rings. The van der Waals surface area contributed by atoms with Gasteiger partial charge in [0.05, 0.1) is 38.6 Å². The third-order valence-corrected chi connectivity index (χ3v) is 7.08. The van der Waals surface area contributed by atoms with Crippen molar-refractivity contribution in [3.8, 4) is 0 Å². The Kier molecular flexibility index (Phi) is 7.08. The lowest BCUT2D eigenvalue weighted by molar-refractivity contribution is 0.280. The van der Waals surface area contributed by atoms with Crippen LogP contribution in [0.4, 0.5) is 11.4 Å². The van der Waals surface area contributed by atoms with Crippen molar-refractivity contribution in [3.05, 3.63) is 82.9 Å². The number of benzene rings is 3. The highest BCUT2D eigenvalue weighted by atomic mass is 32.2. The summed E-state index contributed by atoms with van der Waals surface area (Å²) in [4.78, 5) is 4.05. The molecule has 0 radical (unpaired) electrons. The van der Waals surface area contributed by atoms with Gasteiger partial charge >= 0.3 is 0 Å². The van der Waals surface area contributed by atoms with Crippen LogP contribution in [0.15, 0.2) is 70.5 Å². The van der Waals surface area contributed by atoms with Crippen LogP contribution in [0.1, 0.15) is 29.7 Å². The Morgan fingerprint density at radius 2 is 1.63 bits per heavy atom. The number of aliphatic hydroxyl groups excluding tert-OH is 1. The van der Waals surface area contributed by atoms with E-state index in [4.69, 9.17) is 0 Å². The molecule has 5 heteroatoms. The Bertz CT molecular complexity index is 1060. The smallest absolute Gasteiger partial charge is 0.0892 e. The molecule has 1 heterocycles. The Hall–Kier alpha value is -2.47. The van der Waals surface area contributed by atoms with Gasteiger partial charge in [0.15, 0.2) is 0 Å². The molecule has 4 nitrogen and oxygen atoms in total. The summed E-state index contributed by atoms with van der Waals surface area (Å²) in [6.45, 7) is 6.51. The number of aryl methyl sites for hydroxylation is 1. The average Bonchev–Trinajstić information content (AvgIpc) is 2.75. The van der Waals surface area contributed by atoms with Gasteiger partial charge < -0.3 is 15.3 Å². The lowest BCUT2D eigenvalue weighted by Gasteiger charge is -2.34. The van der Waals surface area contributed by atoms with E-state index in [0.29, 0.717) is 6.54 Å². The van der Waals surface area contributed by atoms with Crippen LogP contribution in [-0.2, 0) is 24.0 Å². The number of nitrogens with zero attached hydrogens (tertiary/aromatic N) is 1. The van der Waals surface area contributed by atoms with Crippen molar-refractivity contribution < 1.29 is 9.32 Å². The monoisotopic (exact) mass is 422 g/mol. The first-order valence-electron chi connectivity index (χ1n) is 9.88. The molecule has 1 atom stereocenters. The molecule has 0 spiro atoms. The Labute approximate surface area is 182 Å². The standard InChI is InChI=1S/C24H26N2O2S.CH4/c1-17-11-12-23-24(18(17)2)26(21-9-5-6-10-22(21)29(23)28)14-13-25-15-19-7-3-4-8-20(19)16-27;/h3-12,25,27H,13-16H2,1-2H3;1H4. The summed E-state index contributed by atoms with van der Waals surface area (Å²) in [5.41, 5.74) is 6.54. The van der Waals surface area contributed by atoms with Crippen molar-refractivity contribution in [2.24, 2.45) is 0 Å². The summed E-state index contributed by atoms with van der Waals surface area (Å²) >= 11 is 0. The number of nitrogens with one attached hydrogen (secondary N) is 1. The molecule has 0 saturated heterocycles. The number of anilines is 2. The molecule has 2 N–H and O–H groups in total. The Balaban J connectivity index is 0.00000256. The van der Waals surface area contributed by atoms with Crippen LogP contribution in [0.2, 0.25) is 0 Å². The van der Waals surface area contributed by atoms with E-state index < -0.39 is 10.8 Å². The summed E-state index contributed by atoms with van der Waals surface area (Å²) in [5.74, 6) is 0. The van der Waals surface area contributed by atoms with Crippen molar-refractivity contribution in [2.75, 3.05) is 18.0 Å². The van der Waals surface area contributed by atoms with Gasteiger partial charge in [-0.05, 0) is 54.3 Å². The highest BCUT2D eigenvalue weighted by Crippen LogP contribution is 2.44. The quantitative estimate of drug-likeness (QED) is 0.558. The van der Waals surface area contributed by atoms with E-state index in [-0.39, 0.29) is 14.0 Å². The summed E-state index contributed by atoms with van der Waals surface area (Å²) in [5, 5.41) is 13.0. The predicted molar refractivity (Wildman–Crippen MR) is 125 cm³/mol. The molecule has 1 unspecified atom stereocenters. The van der Waals surface area contributed by atoms with Crippen LogP contribution in [0.3, 0.4) is 0 Å². The average molecular weight is 423 g/mol. The zero-order valence-electron chi connectivity index (χ0n) is 16.8. The van der Waals surface area contributed by atoms with Crippen LogP contribution in [0, 0.1) is 13.8 Å². The lowest BCUT2D eigenvalue weighted by Crippen LogP contribution is -2.32. The van der Waals surface area contributed by atoms with E-state index in [1.807, 2.05) is 48.5 Å². The van der Waals surface area contributed by atoms with Crippen LogP contribution in [-0.4, -0.2) is 22.4 Å². The maximum Gasteiger partial charge on any atom is 0.0892 e. The highest BCUT2D eigenvalue weighted by molar-refractivity contribution is 7.85. The molecule has 0 bridgehead atoms. The fraction of sp³-hybridized carbons (Fsp3) is 0.280. The van der Waals surface area contributed by atoms with E-state index in [9.17, 15) is 9.32 Å². The fourth-order valence-corrected chi connectivity index (χ4v) is 5.31. The minimum absolute atomic E-state index is 0. The van der Waals surface area contributed by atoms with E-state index in [1.54, 1.807) is 0 Å². The minimum Gasteiger partial charge on any atom is -0.392 e. The first-order chi connectivity index (χ1) is 14.1. The molecule has 0 aliphatic carbocycles. The zero-order valence-corrected chi connectivity index (χ0v) is 17.6. The Morgan fingerprint density at radius 1 is 0.933 bits per heavy atom.